The van der Waals surface area contributed by atoms with E-state index in [2.05, 4.69) is 0 Å². The Morgan fingerprint density at radius 1 is 0.583 bits per heavy atom. The molecule has 0 spiro atoms. The first kappa shape index (κ1) is 28.3. The van der Waals surface area contributed by atoms with Crippen molar-refractivity contribution in [3.8, 4) is 0 Å². The Morgan fingerprint density at radius 2 is 0.889 bits per heavy atom. The minimum atomic E-state index is -1.25. The molecule has 2 aromatic carbocycles. The Morgan fingerprint density at radius 3 is 1.14 bits per heavy atom. The predicted octanol–water partition coefficient (Wildman–Crippen LogP) is 4.12. The number of carbonyl (C=O) groups is 6. The molecule has 0 heterocycles. The third-order valence-electron chi connectivity index (χ3n) is 6.33. The van der Waals surface area contributed by atoms with Crippen LogP contribution in [0, 0.1) is 23.7 Å². The van der Waals surface area contributed by atoms with E-state index in [4.69, 9.17) is 0 Å². The van der Waals surface area contributed by atoms with Crippen molar-refractivity contribution in [3.63, 3.8) is 0 Å². The van der Waals surface area contributed by atoms with Gasteiger partial charge in [0.15, 0.2) is 11.6 Å². The minimum absolute atomic E-state index is 0.137. The van der Waals surface area contributed by atoms with E-state index in [1.54, 1.807) is 60.7 Å². The van der Waals surface area contributed by atoms with E-state index >= 15 is 0 Å². The van der Waals surface area contributed by atoms with Crippen molar-refractivity contribution < 1.29 is 39.0 Å². The fourth-order valence-electron chi connectivity index (χ4n) is 4.18. The molecule has 2 N–H and O–H groups in total. The van der Waals surface area contributed by atoms with Crippen LogP contribution < -0.4 is 0 Å². The van der Waals surface area contributed by atoms with Gasteiger partial charge in [-0.25, -0.2) is 0 Å². The fraction of sp³-hybridized carbons (Fsp3) is 0.357. The lowest BCUT2D eigenvalue weighted by atomic mass is 9.80. The predicted molar refractivity (Wildman–Crippen MR) is 131 cm³/mol. The van der Waals surface area contributed by atoms with Gasteiger partial charge < -0.3 is 10.2 Å². The van der Waals surface area contributed by atoms with Gasteiger partial charge in [-0.05, 0) is 39.5 Å². The number of rotatable bonds is 15. The molecule has 0 bridgehead atoms. The fourth-order valence-corrected chi connectivity index (χ4v) is 4.18. The van der Waals surface area contributed by atoms with Gasteiger partial charge in [0, 0.05) is 11.1 Å². The summed E-state index contributed by atoms with van der Waals surface area (Å²) in [5.74, 6) is -9.12. The average Bonchev–Trinajstić information content (AvgIpc) is 2.85. The molecule has 0 aliphatic heterocycles. The second-order valence-electron chi connectivity index (χ2n) is 8.91. The summed E-state index contributed by atoms with van der Waals surface area (Å²) in [6.45, 7) is 2.44. The number of hydrogen-bond acceptors (Lipinski definition) is 6. The van der Waals surface area contributed by atoms with Crippen LogP contribution >= 0.6 is 0 Å². The Bertz CT molecular complexity index is 1020. The van der Waals surface area contributed by atoms with E-state index in [0.29, 0.717) is 0 Å². The first-order valence-electron chi connectivity index (χ1n) is 11.7. The summed E-state index contributed by atoms with van der Waals surface area (Å²) in [7, 11) is 0. The Hall–Kier alpha value is -3.94. The lowest BCUT2D eigenvalue weighted by molar-refractivity contribution is -0.146. The summed E-state index contributed by atoms with van der Waals surface area (Å²) in [4.78, 5) is 74.0. The molecule has 0 saturated heterocycles. The van der Waals surface area contributed by atoms with Gasteiger partial charge in [-0.3, -0.25) is 28.8 Å². The molecule has 2 rings (SSSR count). The van der Waals surface area contributed by atoms with Gasteiger partial charge in [-0.2, -0.15) is 0 Å². The SMILES string of the molecule is CC(=O)C(CC(CCC(CC(C(C)=O)C(=O)c1ccccc1)C(=O)O)C(=O)O)C(=O)c1ccccc1. The summed E-state index contributed by atoms with van der Waals surface area (Å²) in [6.07, 6.45) is -0.821. The van der Waals surface area contributed by atoms with E-state index in [9.17, 15) is 39.0 Å². The molecule has 0 amide bonds. The highest BCUT2D eigenvalue weighted by Crippen LogP contribution is 2.28. The van der Waals surface area contributed by atoms with Gasteiger partial charge in [-0.1, -0.05) is 60.7 Å². The highest BCUT2D eigenvalue weighted by atomic mass is 16.4. The van der Waals surface area contributed by atoms with Crippen LogP contribution in [0.25, 0.3) is 0 Å². The quantitative estimate of drug-likeness (QED) is 0.278. The number of aliphatic carboxylic acids is 2. The van der Waals surface area contributed by atoms with Crippen molar-refractivity contribution in [3.05, 3.63) is 71.8 Å². The molecule has 0 saturated carbocycles. The molecule has 4 atom stereocenters. The summed E-state index contributed by atoms with van der Waals surface area (Å²) in [5, 5.41) is 19.5. The third kappa shape index (κ3) is 7.80. The Labute approximate surface area is 209 Å². The van der Waals surface area contributed by atoms with Crippen molar-refractivity contribution in [2.75, 3.05) is 0 Å². The van der Waals surface area contributed by atoms with Crippen LogP contribution in [0.3, 0.4) is 0 Å². The van der Waals surface area contributed by atoms with Crippen LogP contribution in [0.5, 0.6) is 0 Å². The number of hydrogen-bond donors (Lipinski definition) is 2. The van der Waals surface area contributed by atoms with Crippen molar-refractivity contribution in [1.82, 2.24) is 0 Å². The molecular formula is C28H30O8. The minimum Gasteiger partial charge on any atom is -0.481 e. The van der Waals surface area contributed by atoms with Crippen LogP contribution in [-0.2, 0) is 19.2 Å². The zero-order chi connectivity index (χ0) is 26.8. The first-order chi connectivity index (χ1) is 17.0. The van der Waals surface area contributed by atoms with E-state index in [1.165, 1.54) is 13.8 Å². The molecule has 8 heteroatoms. The van der Waals surface area contributed by atoms with E-state index in [0.717, 1.165) is 0 Å². The maximum Gasteiger partial charge on any atom is 0.306 e. The molecule has 36 heavy (non-hydrogen) atoms. The number of ketones is 4. The molecule has 8 nitrogen and oxygen atoms in total. The largest absolute Gasteiger partial charge is 0.481 e. The van der Waals surface area contributed by atoms with Gasteiger partial charge in [0.25, 0.3) is 0 Å². The van der Waals surface area contributed by atoms with Crippen molar-refractivity contribution in [2.45, 2.75) is 39.5 Å². The van der Waals surface area contributed by atoms with Crippen molar-refractivity contribution in [2.24, 2.45) is 23.7 Å². The second-order valence-corrected chi connectivity index (χ2v) is 8.91. The zero-order valence-corrected chi connectivity index (χ0v) is 20.3. The summed E-state index contributed by atoms with van der Waals surface area (Å²) >= 11 is 0. The maximum absolute atomic E-state index is 12.8. The molecule has 0 radical (unpaired) electrons. The van der Waals surface area contributed by atoms with E-state index < -0.39 is 58.7 Å². The highest BCUT2D eigenvalue weighted by Gasteiger charge is 2.34. The number of Topliss-reactive ketones (excluding diaryl/α,β-unsaturated/α-hetero) is 4. The first-order valence-corrected chi connectivity index (χ1v) is 11.7. The molecule has 0 aliphatic carbocycles. The molecule has 0 fully saturated rings. The molecule has 0 aromatic heterocycles. The molecule has 0 aliphatic rings. The molecule has 4 unspecified atom stereocenters. The van der Waals surface area contributed by atoms with Crippen molar-refractivity contribution >= 4 is 35.1 Å². The van der Waals surface area contributed by atoms with Gasteiger partial charge in [0.05, 0.1) is 23.7 Å². The highest BCUT2D eigenvalue weighted by molar-refractivity contribution is 6.11. The molecule has 2 aromatic rings. The number of carbonyl (C=O) groups excluding carboxylic acids is 4. The van der Waals surface area contributed by atoms with Crippen LogP contribution in [0.15, 0.2) is 60.7 Å². The zero-order valence-electron chi connectivity index (χ0n) is 20.3. The van der Waals surface area contributed by atoms with E-state index in [-0.39, 0.29) is 36.8 Å². The van der Waals surface area contributed by atoms with E-state index in [1.807, 2.05) is 0 Å². The lowest BCUT2D eigenvalue weighted by Crippen LogP contribution is -2.30. The van der Waals surface area contributed by atoms with Gasteiger partial charge in [-0.15, -0.1) is 0 Å². The van der Waals surface area contributed by atoms with Crippen LogP contribution in [-0.4, -0.2) is 45.3 Å². The number of benzene rings is 2. The number of carboxylic acids is 2. The second kappa shape index (κ2) is 13.2. The monoisotopic (exact) mass is 494 g/mol. The van der Waals surface area contributed by atoms with Gasteiger partial charge in [0.1, 0.15) is 11.6 Å². The standard InChI is InChI=1S/C28H30O8/c1-17(29)23(25(31)19-9-5-3-6-10-19)15-21(27(33)34)13-14-22(28(35)36)16-24(18(2)30)26(32)20-11-7-4-8-12-20/h3-12,21-24H,13-16H2,1-2H3,(H,33,34)(H,35,36). The smallest absolute Gasteiger partial charge is 0.306 e. The molecular weight excluding hydrogens is 464 g/mol. The summed E-state index contributed by atoms with van der Waals surface area (Å²) in [6, 6.07) is 16.1. The van der Waals surface area contributed by atoms with Crippen LogP contribution in [0.4, 0.5) is 0 Å². The Kier molecular flexibility index (Phi) is 10.4. The van der Waals surface area contributed by atoms with Crippen molar-refractivity contribution in [1.29, 1.82) is 0 Å². The topological polar surface area (TPSA) is 143 Å². The van der Waals surface area contributed by atoms with Crippen LogP contribution in [0.1, 0.15) is 60.2 Å². The number of carboxylic acid groups (broad SMARTS) is 2. The van der Waals surface area contributed by atoms with Gasteiger partial charge >= 0.3 is 11.9 Å². The normalized spacial score (nSPS) is 14.2. The summed E-state index contributed by atoms with van der Waals surface area (Å²) in [5.41, 5.74) is 0.572. The molecule has 190 valence electrons. The average molecular weight is 495 g/mol. The third-order valence-corrected chi connectivity index (χ3v) is 6.33. The van der Waals surface area contributed by atoms with Gasteiger partial charge in [0.2, 0.25) is 0 Å². The Balaban J connectivity index is 2.16. The lowest BCUT2D eigenvalue weighted by Gasteiger charge is -2.22. The van der Waals surface area contributed by atoms with Crippen LogP contribution in [0.2, 0.25) is 0 Å². The maximum atomic E-state index is 12.8. The summed E-state index contributed by atoms with van der Waals surface area (Å²) < 4.78 is 0.